The molecule has 1 rings (SSSR count). The van der Waals surface area contributed by atoms with Gasteiger partial charge < -0.3 is 14.8 Å². The molecule has 0 bridgehead atoms. The van der Waals surface area contributed by atoms with E-state index in [9.17, 15) is 0 Å². The van der Waals surface area contributed by atoms with Crippen LogP contribution >= 0.6 is 0 Å². The van der Waals surface area contributed by atoms with Crippen LogP contribution in [-0.4, -0.2) is 31.9 Å². The Morgan fingerprint density at radius 3 is 2.71 bits per heavy atom. The first-order chi connectivity index (χ1) is 6.76. The summed E-state index contributed by atoms with van der Waals surface area (Å²) in [7, 11) is 3.31. The van der Waals surface area contributed by atoms with Crippen LogP contribution in [0.2, 0.25) is 0 Å². The molecule has 4 heteroatoms. The molecular weight excluding hydrogens is 180 g/mol. The summed E-state index contributed by atoms with van der Waals surface area (Å²) in [5.41, 5.74) is 0. The Bertz CT molecular complexity index is 261. The Morgan fingerprint density at radius 1 is 1.43 bits per heavy atom. The van der Waals surface area contributed by atoms with Gasteiger partial charge in [-0.15, -0.1) is 0 Å². The SMILES string of the molecule is COc1ccc(NCC(C)OC)nc1. The van der Waals surface area contributed by atoms with Crippen molar-refractivity contribution < 1.29 is 9.47 Å². The van der Waals surface area contributed by atoms with Gasteiger partial charge in [0, 0.05) is 13.7 Å². The lowest BCUT2D eigenvalue weighted by Crippen LogP contribution is -2.18. The lowest BCUT2D eigenvalue weighted by atomic mass is 10.4. The third kappa shape index (κ3) is 3.22. The van der Waals surface area contributed by atoms with Crippen LogP contribution in [0.4, 0.5) is 5.82 Å². The summed E-state index contributed by atoms with van der Waals surface area (Å²) >= 11 is 0. The number of hydrogen-bond acceptors (Lipinski definition) is 4. The molecule has 0 aliphatic heterocycles. The van der Waals surface area contributed by atoms with E-state index in [0.717, 1.165) is 18.1 Å². The van der Waals surface area contributed by atoms with E-state index < -0.39 is 0 Å². The Labute approximate surface area is 84.3 Å². The van der Waals surface area contributed by atoms with E-state index in [4.69, 9.17) is 9.47 Å². The second-order valence-electron chi connectivity index (χ2n) is 3.01. The first-order valence-corrected chi connectivity index (χ1v) is 4.53. The summed E-state index contributed by atoms with van der Waals surface area (Å²) in [6.07, 6.45) is 1.86. The topological polar surface area (TPSA) is 43.4 Å². The number of nitrogens with zero attached hydrogens (tertiary/aromatic N) is 1. The lowest BCUT2D eigenvalue weighted by molar-refractivity contribution is 0.128. The van der Waals surface area contributed by atoms with Crippen LogP contribution in [0.3, 0.4) is 0 Å². The van der Waals surface area contributed by atoms with Gasteiger partial charge in [0.25, 0.3) is 0 Å². The summed E-state index contributed by atoms with van der Waals surface area (Å²) in [6.45, 7) is 2.74. The number of hydrogen-bond donors (Lipinski definition) is 1. The van der Waals surface area contributed by atoms with Gasteiger partial charge >= 0.3 is 0 Å². The maximum absolute atomic E-state index is 5.10. The third-order valence-electron chi connectivity index (χ3n) is 1.95. The molecule has 0 radical (unpaired) electrons. The molecular formula is C10H16N2O2. The van der Waals surface area contributed by atoms with Crippen molar-refractivity contribution >= 4 is 5.82 Å². The van der Waals surface area contributed by atoms with Crippen molar-refractivity contribution in [2.75, 3.05) is 26.1 Å². The number of nitrogens with one attached hydrogen (secondary N) is 1. The summed E-state index contributed by atoms with van der Waals surface area (Å²) < 4.78 is 10.1. The molecule has 0 saturated carbocycles. The highest BCUT2D eigenvalue weighted by Crippen LogP contribution is 2.10. The zero-order chi connectivity index (χ0) is 10.4. The van der Waals surface area contributed by atoms with Gasteiger partial charge in [-0.25, -0.2) is 4.98 Å². The van der Waals surface area contributed by atoms with Crippen molar-refractivity contribution in [3.63, 3.8) is 0 Å². The molecule has 1 unspecified atom stereocenters. The van der Waals surface area contributed by atoms with Crippen molar-refractivity contribution in [3.05, 3.63) is 18.3 Å². The summed E-state index contributed by atoms with van der Waals surface area (Å²) in [6, 6.07) is 3.74. The molecule has 0 saturated heterocycles. The Morgan fingerprint density at radius 2 is 2.21 bits per heavy atom. The van der Waals surface area contributed by atoms with Gasteiger partial charge in [0.2, 0.25) is 0 Å². The number of aromatic nitrogens is 1. The molecule has 1 aromatic rings. The molecule has 1 heterocycles. The van der Waals surface area contributed by atoms with Crippen molar-refractivity contribution in [3.8, 4) is 5.75 Å². The molecule has 78 valence electrons. The average Bonchev–Trinajstić information content (AvgIpc) is 2.26. The minimum Gasteiger partial charge on any atom is -0.495 e. The molecule has 0 amide bonds. The fourth-order valence-corrected chi connectivity index (χ4v) is 0.937. The average molecular weight is 196 g/mol. The van der Waals surface area contributed by atoms with Gasteiger partial charge in [-0.05, 0) is 19.1 Å². The van der Waals surface area contributed by atoms with Crippen LogP contribution in [0.1, 0.15) is 6.92 Å². The summed E-state index contributed by atoms with van der Waals surface area (Å²) in [5, 5.41) is 3.15. The van der Waals surface area contributed by atoms with Crippen LogP contribution < -0.4 is 10.1 Å². The Kier molecular flexibility index (Phi) is 4.19. The summed E-state index contributed by atoms with van der Waals surface area (Å²) in [4.78, 5) is 4.16. The van der Waals surface area contributed by atoms with Crippen molar-refractivity contribution in [2.45, 2.75) is 13.0 Å². The van der Waals surface area contributed by atoms with E-state index in [1.165, 1.54) is 0 Å². The molecule has 0 aliphatic rings. The van der Waals surface area contributed by atoms with Gasteiger partial charge in [0.05, 0.1) is 19.4 Å². The third-order valence-corrected chi connectivity index (χ3v) is 1.95. The fraction of sp³-hybridized carbons (Fsp3) is 0.500. The second-order valence-corrected chi connectivity index (χ2v) is 3.01. The second kappa shape index (κ2) is 5.44. The monoisotopic (exact) mass is 196 g/mol. The quantitative estimate of drug-likeness (QED) is 0.775. The lowest BCUT2D eigenvalue weighted by Gasteiger charge is -2.11. The molecule has 0 aromatic carbocycles. The number of rotatable bonds is 5. The molecule has 0 aliphatic carbocycles. The predicted octanol–water partition coefficient (Wildman–Crippen LogP) is 1.54. The van der Waals surface area contributed by atoms with Crippen LogP contribution in [0.15, 0.2) is 18.3 Å². The van der Waals surface area contributed by atoms with Crippen LogP contribution in [-0.2, 0) is 4.74 Å². The normalized spacial score (nSPS) is 12.2. The van der Waals surface area contributed by atoms with E-state index in [1.807, 2.05) is 19.1 Å². The van der Waals surface area contributed by atoms with E-state index in [2.05, 4.69) is 10.3 Å². The molecule has 4 nitrogen and oxygen atoms in total. The zero-order valence-corrected chi connectivity index (χ0v) is 8.78. The fourth-order valence-electron chi connectivity index (χ4n) is 0.937. The number of pyridine rings is 1. The van der Waals surface area contributed by atoms with E-state index in [1.54, 1.807) is 20.4 Å². The maximum atomic E-state index is 5.10. The van der Waals surface area contributed by atoms with Crippen LogP contribution in [0, 0.1) is 0 Å². The Balaban J connectivity index is 2.43. The Hall–Kier alpha value is -1.29. The van der Waals surface area contributed by atoms with Gasteiger partial charge in [0.1, 0.15) is 11.6 Å². The largest absolute Gasteiger partial charge is 0.495 e. The van der Waals surface area contributed by atoms with Crippen molar-refractivity contribution in [1.82, 2.24) is 4.98 Å². The highest BCUT2D eigenvalue weighted by atomic mass is 16.5. The molecule has 1 aromatic heterocycles. The molecule has 0 fully saturated rings. The van der Waals surface area contributed by atoms with Crippen molar-refractivity contribution in [2.24, 2.45) is 0 Å². The van der Waals surface area contributed by atoms with Gasteiger partial charge in [0.15, 0.2) is 0 Å². The highest BCUT2D eigenvalue weighted by molar-refractivity contribution is 5.37. The standard InChI is InChI=1S/C10H16N2O2/c1-8(13-2)6-11-10-5-4-9(14-3)7-12-10/h4-5,7-8H,6H2,1-3H3,(H,11,12). The molecule has 0 spiro atoms. The van der Waals surface area contributed by atoms with Crippen LogP contribution in [0.5, 0.6) is 5.75 Å². The number of anilines is 1. The zero-order valence-electron chi connectivity index (χ0n) is 8.78. The van der Waals surface area contributed by atoms with E-state index >= 15 is 0 Å². The van der Waals surface area contributed by atoms with Gasteiger partial charge in [-0.3, -0.25) is 0 Å². The molecule has 1 N–H and O–H groups in total. The van der Waals surface area contributed by atoms with Gasteiger partial charge in [-0.1, -0.05) is 0 Å². The smallest absolute Gasteiger partial charge is 0.137 e. The summed E-state index contributed by atoms with van der Waals surface area (Å²) in [5.74, 6) is 1.59. The predicted molar refractivity (Wildman–Crippen MR) is 55.7 cm³/mol. The minimum atomic E-state index is 0.180. The van der Waals surface area contributed by atoms with Crippen molar-refractivity contribution in [1.29, 1.82) is 0 Å². The minimum absolute atomic E-state index is 0.180. The first kappa shape index (κ1) is 10.8. The first-order valence-electron chi connectivity index (χ1n) is 4.53. The van der Waals surface area contributed by atoms with Gasteiger partial charge in [-0.2, -0.15) is 0 Å². The molecule has 1 atom stereocenters. The number of ether oxygens (including phenoxy) is 2. The van der Waals surface area contributed by atoms with E-state index in [-0.39, 0.29) is 6.10 Å². The van der Waals surface area contributed by atoms with Crippen LogP contribution in [0.25, 0.3) is 0 Å². The highest BCUT2D eigenvalue weighted by Gasteiger charge is 1.99. The number of methoxy groups -OCH3 is 2. The van der Waals surface area contributed by atoms with E-state index in [0.29, 0.717) is 0 Å². The maximum Gasteiger partial charge on any atom is 0.137 e. The molecule has 14 heavy (non-hydrogen) atoms.